The van der Waals surface area contributed by atoms with E-state index in [0.717, 1.165) is 12.8 Å². The van der Waals surface area contributed by atoms with Gasteiger partial charge >= 0.3 is 0 Å². The number of nitro groups is 1. The van der Waals surface area contributed by atoms with E-state index >= 15 is 0 Å². The molecule has 0 atom stereocenters. The third-order valence-corrected chi connectivity index (χ3v) is 3.35. The summed E-state index contributed by atoms with van der Waals surface area (Å²) in [5.41, 5.74) is 0.211. The van der Waals surface area contributed by atoms with Crippen molar-refractivity contribution in [1.82, 2.24) is 5.32 Å². The Kier molecular flexibility index (Phi) is 5.96. The first-order valence-corrected chi connectivity index (χ1v) is 6.64. The third kappa shape index (κ3) is 3.94. The molecule has 0 saturated heterocycles. The minimum absolute atomic E-state index is 0.0987. The van der Waals surface area contributed by atoms with Crippen LogP contribution in [0.4, 0.5) is 5.69 Å². The van der Waals surface area contributed by atoms with E-state index in [4.69, 9.17) is 4.74 Å². The van der Waals surface area contributed by atoms with E-state index in [1.807, 2.05) is 0 Å². The van der Waals surface area contributed by atoms with E-state index in [-0.39, 0.29) is 17.3 Å². The lowest BCUT2D eigenvalue weighted by Crippen LogP contribution is -2.29. The molecule has 1 aromatic carbocycles. The van der Waals surface area contributed by atoms with Crippen LogP contribution in [-0.4, -0.2) is 24.5 Å². The quantitative estimate of drug-likeness (QED) is 0.615. The monoisotopic (exact) mass is 280 g/mol. The summed E-state index contributed by atoms with van der Waals surface area (Å²) in [6.45, 7) is 4.74. The van der Waals surface area contributed by atoms with Gasteiger partial charge in [0.2, 0.25) is 0 Å². The Balaban J connectivity index is 2.84. The third-order valence-electron chi connectivity index (χ3n) is 3.35. The number of ether oxygens (including phenoxy) is 1. The van der Waals surface area contributed by atoms with Crippen LogP contribution in [0.5, 0.6) is 5.75 Å². The van der Waals surface area contributed by atoms with Crippen molar-refractivity contribution in [3.8, 4) is 5.75 Å². The van der Waals surface area contributed by atoms with Gasteiger partial charge in [0, 0.05) is 12.6 Å². The number of benzene rings is 1. The van der Waals surface area contributed by atoms with Crippen LogP contribution in [0.1, 0.15) is 37.0 Å². The van der Waals surface area contributed by atoms with Crippen molar-refractivity contribution in [1.29, 1.82) is 0 Å². The number of carbonyl (C=O) groups excluding carboxylic acids is 1. The van der Waals surface area contributed by atoms with E-state index in [0.29, 0.717) is 18.0 Å². The molecule has 6 heteroatoms. The zero-order chi connectivity index (χ0) is 15.1. The molecule has 6 nitrogen and oxygen atoms in total. The number of amides is 1. The number of nitrogens with one attached hydrogen (secondary N) is 1. The summed E-state index contributed by atoms with van der Waals surface area (Å²) in [6, 6.07) is 3.97. The topological polar surface area (TPSA) is 81.5 Å². The van der Waals surface area contributed by atoms with Crippen LogP contribution in [0.2, 0.25) is 0 Å². The van der Waals surface area contributed by atoms with Gasteiger partial charge in [-0.1, -0.05) is 26.7 Å². The number of hydrogen-bond donors (Lipinski definition) is 1. The Morgan fingerprint density at radius 1 is 1.40 bits per heavy atom. The van der Waals surface area contributed by atoms with Gasteiger partial charge in [0.05, 0.1) is 23.7 Å². The molecule has 1 rings (SSSR count). The van der Waals surface area contributed by atoms with Crippen molar-refractivity contribution in [2.24, 2.45) is 5.92 Å². The molecule has 0 aliphatic rings. The van der Waals surface area contributed by atoms with Gasteiger partial charge < -0.3 is 10.1 Å². The average Bonchev–Trinajstić information content (AvgIpc) is 2.47. The molecule has 0 unspecified atom stereocenters. The Labute approximate surface area is 118 Å². The molecule has 0 aliphatic carbocycles. The molecule has 0 fully saturated rings. The van der Waals surface area contributed by atoms with Crippen molar-refractivity contribution >= 4 is 11.6 Å². The van der Waals surface area contributed by atoms with Gasteiger partial charge in [-0.3, -0.25) is 14.9 Å². The highest BCUT2D eigenvalue weighted by Crippen LogP contribution is 2.24. The second-order valence-corrected chi connectivity index (χ2v) is 4.53. The number of methoxy groups -OCH3 is 1. The summed E-state index contributed by atoms with van der Waals surface area (Å²) >= 11 is 0. The van der Waals surface area contributed by atoms with E-state index < -0.39 is 4.92 Å². The van der Waals surface area contributed by atoms with Crippen LogP contribution in [0, 0.1) is 16.0 Å². The van der Waals surface area contributed by atoms with Crippen LogP contribution >= 0.6 is 0 Å². The lowest BCUT2D eigenvalue weighted by molar-refractivity contribution is -0.384. The van der Waals surface area contributed by atoms with Crippen LogP contribution in [-0.2, 0) is 0 Å². The van der Waals surface area contributed by atoms with Gasteiger partial charge in [0.15, 0.2) is 0 Å². The fraction of sp³-hybridized carbons (Fsp3) is 0.500. The Hall–Kier alpha value is -2.11. The zero-order valence-corrected chi connectivity index (χ0v) is 12.0. The first-order chi connectivity index (χ1) is 9.53. The normalized spacial score (nSPS) is 10.4. The molecular weight excluding hydrogens is 260 g/mol. The summed E-state index contributed by atoms with van der Waals surface area (Å²) in [6.07, 6.45) is 1.99. The standard InChI is InChI=1S/C14H20N2O4/c1-4-10(5-2)9-15-14(17)12-7-6-11(16(18)19)8-13(12)20-3/h6-8,10H,4-5,9H2,1-3H3,(H,15,17). The van der Waals surface area contributed by atoms with Gasteiger partial charge in [-0.05, 0) is 12.0 Å². The van der Waals surface area contributed by atoms with Crippen molar-refractivity contribution in [3.63, 3.8) is 0 Å². The lowest BCUT2D eigenvalue weighted by atomic mass is 10.0. The van der Waals surface area contributed by atoms with Crippen molar-refractivity contribution in [2.75, 3.05) is 13.7 Å². The number of non-ortho nitro benzene ring substituents is 1. The Morgan fingerprint density at radius 3 is 2.55 bits per heavy atom. The number of carbonyl (C=O) groups is 1. The molecule has 1 N–H and O–H groups in total. The first-order valence-electron chi connectivity index (χ1n) is 6.64. The fourth-order valence-electron chi connectivity index (χ4n) is 1.89. The van der Waals surface area contributed by atoms with Gasteiger partial charge in [0.1, 0.15) is 5.75 Å². The molecule has 0 bridgehead atoms. The highest BCUT2D eigenvalue weighted by atomic mass is 16.6. The van der Waals surface area contributed by atoms with E-state index in [1.165, 1.54) is 25.3 Å². The second-order valence-electron chi connectivity index (χ2n) is 4.53. The lowest BCUT2D eigenvalue weighted by Gasteiger charge is -2.14. The zero-order valence-electron chi connectivity index (χ0n) is 12.0. The van der Waals surface area contributed by atoms with Gasteiger partial charge in [0.25, 0.3) is 11.6 Å². The number of hydrogen-bond acceptors (Lipinski definition) is 4. The molecule has 0 radical (unpaired) electrons. The fourth-order valence-corrected chi connectivity index (χ4v) is 1.89. The summed E-state index contributed by atoms with van der Waals surface area (Å²) in [5.74, 6) is 0.368. The Bertz CT molecular complexity index is 484. The summed E-state index contributed by atoms with van der Waals surface area (Å²) < 4.78 is 5.05. The largest absolute Gasteiger partial charge is 0.496 e. The molecule has 0 saturated carbocycles. The van der Waals surface area contributed by atoms with Gasteiger partial charge in [-0.2, -0.15) is 0 Å². The highest BCUT2D eigenvalue weighted by Gasteiger charge is 2.17. The van der Waals surface area contributed by atoms with Crippen LogP contribution < -0.4 is 10.1 Å². The van der Waals surface area contributed by atoms with Crippen molar-refractivity contribution in [3.05, 3.63) is 33.9 Å². The van der Waals surface area contributed by atoms with Crippen molar-refractivity contribution in [2.45, 2.75) is 26.7 Å². The number of nitro benzene ring substituents is 1. The summed E-state index contributed by atoms with van der Waals surface area (Å²) in [5, 5.41) is 13.5. The van der Waals surface area contributed by atoms with Crippen LogP contribution in [0.3, 0.4) is 0 Å². The smallest absolute Gasteiger partial charge is 0.273 e. The molecule has 20 heavy (non-hydrogen) atoms. The molecule has 1 aromatic rings. The molecule has 0 heterocycles. The first kappa shape index (κ1) is 15.9. The molecule has 110 valence electrons. The minimum Gasteiger partial charge on any atom is -0.496 e. The molecular formula is C14H20N2O4. The maximum Gasteiger partial charge on any atom is 0.273 e. The van der Waals surface area contributed by atoms with E-state index in [2.05, 4.69) is 19.2 Å². The van der Waals surface area contributed by atoms with Crippen LogP contribution in [0.15, 0.2) is 18.2 Å². The second kappa shape index (κ2) is 7.47. The molecule has 0 spiro atoms. The maximum absolute atomic E-state index is 12.1. The number of nitrogens with zero attached hydrogens (tertiary/aromatic N) is 1. The van der Waals surface area contributed by atoms with Gasteiger partial charge in [-0.25, -0.2) is 0 Å². The summed E-state index contributed by atoms with van der Waals surface area (Å²) in [7, 11) is 1.39. The van der Waals surface area contributed by atoms with E-state index in [9.17, 15) is 14.9 Å². The SMILES string of the molecule is CCC(CC)CNC(=O)c1ccc([N+](=O)[O-])cc1OC. The highest BCUT2D eigenvalue weighted by molar-refractivity contribution is 5.97. The minimum atomic E-state index is -0.519. The average molecular weight is 280 g/mol. The maximum atomic E-state index is 12.1. The summed E-state index contributed by atoms with van der Waals surface area (Å²) in [4.78, 5) is 22.3. The van der Waals surface area contributed by atoms with Gasteiger partial charge in [-0.15, -0.1) is 0 Å². The predicted octanol–water partition coefficient (Wildman–Crippen LogP) is 2.77. The van der Waals surface area contributed by atoms with E-state index in [1.54, 1.807) is 0 Å². The molecule has 1 amide bonds. The van der Waals surface area contributed by atoms with Crippen LogP contribution in [0.25, 0.3) is 0 Å². The predicted molar refractivity (Wildman–Crippen MR) is 76.1 cm³/mol. The number of rotatable bonds is 7. The Morgan fingerprint density at radius 2 is 2.05 bits per heavy atom. The van der Waals surface area contributed by atoms with Crippen molar-refractivity contribution < 1.29 is 14.5 Å². The molecule has 0 aromatic heterocycles. The molecule has 0 aliphatic heterocycles.